The largest absolute Gasteiger partial charge is 0.379 e. The summed E-state index contributed by atoms with van der Waals surface area (Å²) in [6, 6.07) is 8.17. The number of hydrogen-bond donors (Lipinski definition) is 1. The summed E-state index contributed by atoms with van der Waals surface area (Å²) in [6.07, 6.45) is 0. The van der Waals surface area contributed by atoms with E-state index in [9.17, 15) is 0 Å². The van der Waals surface area contributed by atoms with E-state index in [4.69, 9.17) is 27.1 Å². The van der Waals surface area contributed by atoms with Crippen LogP contribution in [0.3, 0.4) is 0 Å². The maximum absolute atomic E-state index is 6.45. The molecular weight excluding hydrogens is 344 g/mol. The van der Waals surface area contributed by atoms with Crippen LogP contribution < -0.4 is 5.73 Å². The zero-order valence-corrected chi connectivity index (χ0v) is 15.4. The fourth-order valence-electron chi connectivity index (χ4n) is 3.12. The summed E-state index contributed by atoms with van der Waals surface area (Å²) in [7, 11) is 0. The molecule has 7 heteroatoms. The van der Waals surface area contributed by atoms with Gasteiger partial charge in [-0.3, -0.25) is 9.89 Å². The Bertz CT molecular complexity index is 559. The predicted octanol–water partition coefficient (Wildman–Crippen LogP) is 2.08. The number of thioether (sulfide) groups is 1. The van der Waals surface area contributed by atoms with E-state index in [0.29, 0.717) is 12.5 Å². The van der Waals surface area contributed by atoms with Gasteiger partial charge in [-0.05, 0) is 11.6 Å². The summed E-state index contributed by atoms with van der Waals surface area (Å²) in [5, 5.41) is 0.789. The molecule has 2 aliphatic heterocycles. The van der Waals surface area contributed by atoms with Crippen LogP contribution in [0.4, 0.5) is 0 Å². The minimum Gasteiger partial charge on any atom is -0.379 e. The monoisotopic (exact) mass is 368 g/mol. The molecule has 1 unspecified atom stereocenters. The van der Waals surface area contributed by atoms with Crippen LogP contribution in [0.2, 0.25) is 5.02 Å². The minimum absolute atomic E-state index is 0.139. The Morgan fingerprint density at radius 2 is 1.92 bits per heavy atom. The Labute approximate surface area is 153 Å². The standard InChI is InChI=1S/C17H25ClN4OS/c18-15-4-2-1-3-14(15)16(21-5-9-23-10-6-21)13-20-17(19)22-7-11-24-12-8-22/h1-4,16H,5-13H2,(H2,19,20). The van der Waals surface area contributed by atoms with Crippen molar-refractivity contribution in [2.75, 3.05) is 57.4 Å². The molecule has 0 aliphatic carbocycles. The molecule has 24 heavy (non-hydrogen) atoms. The van der Waals surface area contributed by atoms with Crippen LogP contribution in [0.25, 0.3) is 0 Å². The quantitative estimate of drug-likeness (QED) is 0.651. The number of ether oxygens (including phenoxy) is 1. The SMILES string of the molecule is NC(=NCC(c1ccccc1Cl)N1CCOCC1)N1CCSCC1. The van der Waals surface area contributed by atoms with Crippen molar-refractivity contribution in [1.29, 1.82) is 0 Å². The van der Waals surface area contributed by atoms with Gasteiger partial charge >= 0.3 is 0 Å². The second kappa shape index (κ2) is 8.94. The Kier molecular flexibility index (Phi) is 6.66. The van der Waals surface area contributed by atoms with Gasteiger partial charge in [-0.25, -0.2) is 0 Å². The highest BCUT2D eigenvalue weighted by Gasteiger charge is 2.24. The van der Waals surface area contributed by atoms with Gasteiger partial charge in [-0.15, -0.1) is 0 Å². The maximum Gasteiger partial charge on any atom is 0.191 e. The van der Waals surface area contributed by atoms with Crippen molar-refractivity contribution in [2.45, 2.75) is 6.04 Å². The number of nitrogens with zero attached hydrogens (tertiary/aromatic N) is 3. The first-order valence-electron chi connectivity index (χ1n) is 8.44. The number of benzene rings is 1. The lowest BCUT2D eigenvalue weighted by molar-refractivity contribution is 0.0179. The number of nitrogens with two attached hydrogens (primary N) is 1. The number of guanidine groups is 1. The second-order valence-electron chi connectivity index (χ2n) is 5.98. The van der Waals surface area contributed by atoms with E-state index in [1.807, 2.05) is 30.0 Å². The highest BCUT2D eigenvalue weighted by molar-refractivity contribution is 7.99. The molecule has 0 spiro atoms. The molecule has 0 saturated carbocycles. The normalized spacial score (nSPS) is 21.7. The summed E-state index contributed by atoms with van der Waals surface area (Å²) in [5.74, 6) is 2.89. The molecule has 2 aliphatic rings. The van der Waals surface area contributed by atoms with Gasteiger partial charge < -0.3 is 15.4 Å². The van der Waals surface area contributed by atoms with E-state index in [1.54, 1.807) is 0 Å². The van der Waals surface area contributed by atoms with E-state index < -0.39 is 0 Å². The van der Waals surface area contributed by atoms with Crippen molar-refractivity contribution >= 4 is 29.3 Å². The zero-order chi connectivity index (χ0) is 16.8. The molecule has 1 atom stereocenters. The minimum atomic E-state index is 0.139. The molecule has 1 aromatic carbocycles. The Hall–Kier alpha value is -0.950. The van der Waals surface area contributed by atoms with Crippen molar-refractivity contribution in [3.8, 4) is 0 Å². The lowest BCUT2D eigenvalue weighted by Crippen LogP contribution is -2.44. The Morgan fingerprint density at radius 3 is 2.62 bits per heavy atom. The van der Waals surface area contributed by atoms with Gasteiger partial charge in [0.25, 0.3) is 0 Å². The summed E-state index contributed by atoms with van der Waals surface area (Å²) < 4.78 is 5.49. The molecular formula is C17H25ClN4OS. The molecule has 2 heterocycles. The van der Waals surface area contributed by atoms with E-state index in [0.717, 1.165) is 61.5 Å². The van der Waals surface area contributed by atoms with Gasteiger partial charge in [-0.1, -0.05) is 29.8 Å². The average Bonchev–Trinajstić information content (AvgIpc) is 2.65. The van der Waals surface area contributed by atoms with E-state index >= 15 is 0 Å². The van der Waals surface area contributed by atoms with Gasteiger partial charge in [0.1, 0.15) is 0 Å². The van der Waals surface area contributed by atoms with Crippen molar-refractivity contribution in [1.82, 2.24) is 9.80 Å². The predicted molar refractivity (Wildman–Crippen MR) is 102 cm³/mol. The van der Waals surface area contributed by atoms with E-state index in [-0.39, 0.29) is 6.04 Å². The molecule has 0 radical (unpaired) electrons. The number of halogens is 1. The lowest BCUT2D eigenvalue weighted by Gasteiger charge is -2.35. The third-order valence-electron chi connectivity index (χ3n) is 4.51. The number of rotatable bonds is 4. The summed E-state index contributed by atoms with van der Waals surface area (Å²) >= 11 is 8.42. The van der Waals surface area contributed by atoms with Crippen molar-refractivity contribution in [2.24, 2.45) is 10.7 Å². The smallest absolute Gasteiger partial charge is 0.191 e. The molecule has 2 saturated heterocycles. The summed E-state index contributed by atoms with van der Waals surface area (Å²) in [5.41, 5.74) is 7.35. The fraction of sp³-hybridized carbons (Fsp3) is 0.588. The van der Waals surface area contributed by atoms with Crippen molar-refractivity contribution in [3.05, 3.63) is 34.9 Å². The molecule has 2 N–H and O–H groups in total. The molecule has 0 bridgehead atoms. The number of morpholine rings is 1. The van der Waals surface area contributed by atoms with Gasteiger partial charge in [0.2, 0.25) is 0 Å². The van der Waals surface area contributed by atoms with Crippen molar-refractivity contribution < 1.29 is 4.74 Å². The fourth-order valence-corrected chi connectivity index (χ4v) is 4.28. The van der Waals surface area contributed by atoms with Gasteiger partial charge in [-0.2, -0.15) is 11.8 Å². The first-order chi connectivity index (χ1) is 11.8. The van der Waals surface area contributed by atoms with Crippen LogP contribution in [0.1, 0.15) is 11.6 Å². The van der Waals surface area contributed by atoms with E-state index in [1.165, 1.54) is 0 Å². The average molecular weight is 369 g/mol. The van der Waals surface area contributed by atoms with Gasteiger partial charge in [0.05, 0.1) is 25.8 Å². The lowest BCUT2D eigenvalue weighted by atomic mass is 10.0. The van der Waals surface area contributed by atoms with Crippen LogP contribution in [0.15, 0.2) is 29.3 Å². The Balaban J connectivity index is 1.75. The number of aliphatic imine (C=N–C) groups is 1. The third kappa shape index (κ3) is 4.57. The molecule has 5 nitrogen and oxygen atoms in total. The topological polar surface area (TPSA) is 54.1 Å². The third-order valence-corrected chi connectivity index (χ3v) is 5.80. The van der Waals surface area contributed by atoms with Crippen molar-refractivity contribution in [3.63, 3.8) is 0 Å². The molecule has 132 valence electrons. The molecule has 0 amide bonds. The molecule has 2 fully saturated rings. The van der Waals surface area contributed by atoms with Crippen LogP contribution in [0.5, 0.6) is 0 Å². The van der Waals surface area contributed by atoms with Gasteiger partial charge in [0, 0.05) is 42.7 Å². The van der Waals surface area contributed by atoms with Crippen LogP contribution in [-0.2, 0) is 4.74 Å². The Morgan fingerprint density at radius 1 is 1.21 bits per heavy atom. The molecule has 3 rings (SSSR count). The highest BCUT2D eigenvalue weighted by Crippen LogP contribution is 2.28. The number of hydrogen-bond acceptors (Lipinski definition) is 4. The van der Waals surface area contributed by atoms with Gasteiger partial charge in [0.15, 0.2) is 5.96 Å². The van der Waals surface area contributed by atoms with Crippen LogP contribution in [-0.4, -0.2) is 73.2 Å². The summed E-state index contributed by atoms with van der Waals surface area (Å²) in [6.45, 7) is 5.88. The summed E-state index contributed by atoms with van der Waals surface area (Å²) in [4.78, 5) is 9.29. The zero-order valence-electron chi connectivity index (χ0n) is 13.9. The molecule has 0 aromatic heterocycles. The van der Waals surface area contributed by atoms with Crippen LogP contribution >= 0.6 is 23.4 Å². The first kappa shape index (κ1) is 17.9. The van der Waals surface area contributed by atoms with Crippen LogP contribution in [0, 0.1) is 0 Å². The second-order valence-corrected chi connectivity index (χ2v) is 7.62. The first-order valence-corrected chi connectivity index (χ1v) is 9.98. The molecule has 1 aromatic rings. The highest BCUT2D eigenvalue weighted by atomic mass is 35.5. The maximum atomic E-state index is 6.45. The van der Waals surface area contributed by atoms with E-state index in [2.05, 4.69) is 15.9 Å².